The van der Waals surface area contributed by atoms with Crippen molar-refractivity contribution in [2.24, 2.45) is 17.8 Å². The minimum Gasteiger partial charge on any atom is -0.335 e. The van der Waals surface area contributed by atoms with Gasteiger partial charge in [-0.25, -0.2) is 13.1 Å². The number of nitrogens with zero attached hydrogens (tertiary/aromatic N) is 3. The van der Waals surface area contributed by atoms with E-state index in [0.717, 1.165) is 12.1 Å². The molecule has 1 aliphatic heterocycles. The molecule has 26 heavy (non-hydrogen) atoms. The molecule has 0 aliphatic carbocycles. The number of aromatic nitrogens is 2. The van der Waals surface area contributed by atoms with Gasteiger partial charge in [-0.2, -0.15) is 5.10 Å². The zero-order valence-electron chi connectivity index (χ0n) is 16.7. The molecule has 1 aromatic heterocycles. The van der Waals surface area contributed by atoms with Crippen molar-refractivity contribution in [3.05, 3.63) is 17.5 Å². The van der Waals surface area contributed by atoms with Gasteiger partial charge in [0.15, 0.2) is 0 Å². The van der Waals surface area contributed by atoms with Crippen LogP contribution in [0.25, 0.3) is 0 Å². The first kappa shape index (κ1) is 20.9. The molecular weight excluding hydrogens is 352 g/mol. The Hall–Kier alpha value is -1.41. The number of likely N-dealkylation sites (tertiary alicyclic amines) is 1. The van der Waals surface area contributed by atoms with Gasteiger partial charge in [-0.05, 0) is 37.2 Å². The minimum absolute atomic E-state index is 0.0715. The van der Waals surface area contributed by atoms with E-state index in [1.807, 2.05) is 13.0 Å². The fourth-order valence-electron chi connectivity index (χ4n) is 3.63. The molecule has 0 bridgehead atoms. The van der Waals surface area contributed by atoms with E-state index in [1.165, 1.54) is 6.26 Å². The Morgan fingerprint density at radius 1 is 1.31 bits per heavy atom. The average Bonchev–Trinajstić information content (AvgIpc) is 3.08. The van der Waals surface area contributed by atoms with Crippen molar-refractivity contribution in [1.82, 2.24) is 19.4 Å². The fraction of sp³-hybridized carbons (Fsp3) is 0.778. The second-order valence-electron chi connectivity index (χ2n) is 8.05. The van der Waals surface area contributed by atoms with E-state index in [-0.39, 0.29) is 23.8 Å². The monoisotopic (exact) mass is 384 g/mol. The number of carbonyl (C=O) groups is 1. The van der Waals surface area contributed by atoms with Crippen LogP contribution in [0.2, 0.25) is 0 Å². The van der Waals surface area contributed by atoms with Crippen LogP contribution in [0, 0.1) is 17.8 Å². The summed E-state index contributed by atoms with van der Waals surface area (Å²) in [5.41, 5.74) is 1.52. The van der Waals surface area contributed by atoms with E-state index in [0.29, 0.717) is 31.2 Å². The molecule has 0 saturated carbocycles. The zero-order valence-corrected chi connectivity index (χ0v) is 17.5. The third kappa shape index (κ3) is 5.07. The summed E-state index contributed by atoms with van der Waals surface area (Å²) in [7, 11) is -3.32. The van der Waals surface area contributed by atoms with Crippen LogP contribution in [-0.4, -0.2) is 54.4 Å². The lowest BCUT2D eigenvalue weighted by Gasteiger charge is -2.21. The van der Waals surface area contributed by atoms with Crippen LogP contribution in [0.5, 0.6) is 0 Å². The van der Waals surface area contributed by atoms with Gasteiger partial charge in [-0.1, -0.05) is 27.7 Å². The maximum absolute atomic E-state index is 13.1. The molecule has 1 saturated heterocycles. The second-order valence-corrected chi connectivity index (χ2v) is 9.83. The first-order chi connectivity index (χ1) is 12.0. The third-order valence-electron chi connectivity index (χ3n) is 4.84. The Morgan fingerprint density at radius 3 is 2.46 bits per heavy atom. The molecule has 8 heteroatoms. The summed E-state index contributed by atoms with van der Waals surface area (Å²) in [6, 6.07) is 1.63. The summed E-state index contributed by atoms with van der Waals surface area (Å²) >= 11 is 0. The Labute approximate surface area is 157 Å². The lowest BCUT2D eigenvalue weighted by Crippen LogP contribution is -2.41. The van der Waals surface area contributed by atoms with Gasteiger partial charge in [-0.3, -0.25) is 9.48 Å². The minimum atomic E-state index is -3.32. The molecule has 1 amide bonds. The van der Waals surface area contributed by atoms with Crippen molar-refractivity contribution in [3.63, 3.8) is 0 Å². The zero-order chi connectivity index (χ0) is 19.6. The van der Waals surface area contributed by atoms with Crippen molar-refractivity contribution in [2.45, 2.75) is 53.6 Å². The van der Waals surface area contributed by atoms with Gasteiger partial charge >= 0.3 is 0 Å². The van der Waals surface area contributed by atoms with E-state index in [2.05, 4.69) is 37.5 Å². The molecule has 2 atom stereocenters. The Kier molecular flexibility index (Phi) is 6.50. The molecule has 7 nitrogen and oxygen atoms in total. The van der Waals surface area contributed by atoms with Gasteiger partial charge in [0, 0.05) is 25.7 Å². The normalized spacial score (nSPS) is 21.2. The number of nitrogens with one attached hydrogen (secondary N) is 1. The SMILES string of the molecule is CCn1nc(CC(C)C)cc1C(=O)N1C[C@H](NS(C)(=O)=O)[C@@H](C(C)C)C1. The molecule has 0 unspecified atom stereocenters. The molecule has 0 aromatic carbocycles. The second kappa shape index (κ2) is 8.08. The van der Waals surface area contributed by atoms with Crippen molar-refractivity contribution >= 4 is 15.9 Å². The highest BCUT2D eigenvalue weighted by Gasteiger charge is 2.39. The lowest BCUT2D eigenvalue weighted by atomic mass is 9.92. The largest absolute Gasteiger partial charge is 0.335 e. The molecule has 2 heterocycles. The maximum Gasteiger partial charge on any atom is 0.272 e. The number of sulfonamides is 1. The van der Waals surface area contributed by atoms with E-state index < -0.39 is 10.0 Å². The number of hydrogen-bond donors (Lipinski definition) is 1. The van der Waals surface area contributed by atoms with Crippen molar-refractivity contribution < 1.29 is 13.2 Å². The molecule has 0 radical (unpaired) electrons. The van der Waals surface area contributed by atoms with Crippen LogP contribution in [0.3, 0.4) is 0 Å². The standard InChI is InChI=1S/C18H32N4O3S/c1-7-22-17(9-14(19-22)8-12(2)3)18(23)21-10-15(13(4)5)16(11-21)20-26(6,24)25/h9,12-13,15-16,20H,7-8,10-11H2,1-6H3/t15-,16+/m1/s1. The number of aryl methyl sites for hydroxylation is 1. The quantitative estimate of drug-likeness (QED) is 0.776. The van der Waals surface area contributed by atoms with E-state index in [9.17, 15) is 13.2 Å². The van der Waals surface area contributed by atoms with Gasteiger partial charge in [0.25, 0.3) is 5.91 Å². The van der Waals surface area contributed by atoms with Gasteiger partial charge in [-0.15, -0.1) is 0 Å². The Bertz CT molecular complexity index is 740. The van der Waals surface area contributed by atoms with Crippen LogP contribution in [0.1, 0.15) is 50.8 Å². The molecule has 1 aliphatic rings. The summed E-state index contributed by atoms with van der Waals surface area (Å²) in [4.78, 5) is 14.9. The van der Waals surface area contributed by atoms with E-state index in [1.54, 1.807) is 9.58 Å². The van der Waals surface area contributed by atoms with E-state index in [4.69, 9.17) is 0 Å². The van der Waals surface area contributed by atoms with Gasteiger partial charge < -0.3 is 4.90 Å². The predicted octanol–water partition coefficient (Wildman–Crippen LogP) is 1.75. The van der Waals surface area contributed by atoms with Crippen LogP contribution in [-0.2, 0) is 23.0 Å². The van der Waals surface area contributed by atoms with Crippen LogP contribution < -0.4 is 4.72 Å². The molecule has 1 aromatic rings. The maximum atomic E-state index is 13.1. The predicted molar refractivity (Wildman–Crippen MR) is 102 cm³/mol. The molecule has 1 N–H and O–H groups in total. The van der Waals surface area contributed by atoms with Crippen LogP contribution in [0.4, 0.5) is 0 Å². The molecule has 0 spiro atoms. The van der Waals surface area contributed by atoms with Crippen LogP contribution >= 0.6 is 0 Å². The summed E-state index contributed by atoms with van der Waals surface area (Å²) in [5, 5.41) is 4.55. The smallest absolute Gasteiger partial charge is 0.272 e. The highest BCUT2D eigenvalue weighted by atomic mass is 32.2. The van der Waals surface area contributed by atoms with Gasteiger partial charge in [0.05, 0.1) is 11.9 Å². The first-order valence-electron chi connectivity index (χ1n) is 9.35. The molecular formula is C18H32N4O3S. The third-order valence-corrected chi connectivity index (χ3v) is 5.57. The summed E-state index contributed by atoms with van der Waals surface area (Å²) in [6.45, 7) is 11.9. The number of rotatable bonds is 7. The summed E-state index contributed by atoms with van der Waals surface area (Å²) in [5.74, 6) is 0.776. The number of amides is 1. The van der Waals surface area contributed by atoms with Crippen molar-refractivity contribution in [1.29, 1.82) is 0 Å². The fourth-order valence-corrected chi connectivity index (χ4v) is 4.43. The summed E-state index contributed by atoms with van der Waals surface area (Å²) in [6.07, 6.45) is 2.00. The topological polar surface area (TPSA) is 84.3 Å². The molecule has 2 rings (SSSR count). The van der Waals surface area contributed by atoms with Crippen molar-refractivity contribution in [3.8, 4) is 0 Å². The molecule has 1 fully saturated rings. The van der Waals surface area contributed by atoms with Gasteiger partial charge in [0.1, 0.15) is 5.69 Å². The Morgan fingerprint density at radius 2 is 1.96 bits per heavy atom. The van der Waals surface area contributed by atoms with Crippen molar-refractivity contribution in [2.75, 3.05) is 19.3 Å². The molecule has 148 valence electrons. The number of hydrogen-bond acceptors (Lipinski definition) is 4. The highest BCUT2D eigenvalue weighted by molar-refractivity contribution is 7.88. The first-order valence-corrected chi connectivity index (χ1v) is 11.2. The average molecular weight is 385 g/mol. The lowest BCUT2D eigenvalue weighted by molar-refractivity contribution is 0.0770. The van der Waals surface area contributed by atoms with E-state index >= 15 is 0 Å². The Balaban J connectivity index is 2.23. The number of carbonyl (C=O) groups excluding carboxylic acids is 1. The van der Waals surface area contributed by atoms with Crippen LogP contribution in [0.15, 0.2) is 6.07 Å². The van der Waals surface area contributed by atoms with Gasteiger partial charge in [0.2, 0.25) is 10.0 Å². The highest BCUT2D eigenvalue weighted by Crippen LogP contribution is 2.26. The summed E-state index contributed by atoms with van der Waals surface area (Å²) < 4.78 is 27.8.